The van der Waals surface area contributed by atoms with Gasteiger partial charge in [0.2, 0.25) is 0 Å². The van der Waals surface area contributed by atoms with Gasteiger partial charge in [0.1, 0.15) is 0 Å². The van der Waals surface area contributed by atoms with Gasteiger partial charge in [-0.15, -0.1) is 0 Å². The third-order valence-corrected chi connectivity index (χ3v) is 2.96. The van der Waals surface area contributed by atoms with Gasteiger partial charge in [-0.1, -0.05) is 29.8 Å². The van der Waals surface area contributed by atoms with Crippen LogP contribution in [0.2, 0.25) is 0 Å². The van der Waals surface area contributed by atoms with E-state index in [1.54, 1.807) is 0 Å². The molecule has 2 rings (SSSR count). The molecule has 0 radical (unpaired) electrons. The van der Waals surface area contributed by atoms with Gasteiger partial charge in [0.05, 0.1) is 6.10 Å². The second kappa shape index (κ2) is 3.15. The smallest absolute Gasteiger partial charge is 0.0546 e. The monoisotopic (exact) mass is 176 g/mol. The van der Waals surface area contributed by atoms with Crippen molar-refractivity contribution in [3.63, 3.8) is 0 Å². The largest absolute Gasteiger partial charge is 0.393 e. The molecule has 0 heterocycles. The molecule has 1 heteroatoms. The van der Waals surface area contributed by atoms with Crippen molar-refractivity contribution >= 4 is 0 Å². The van der Waals surface area contributed by atoms with Crippen molar-refractivity contribution in [1.29, 1.82) is 0 Å². The average molecular weight is 176 g/mol. The molecule has 3 atom stereocenters. The summed E-state index contributed by atoms with van der Waals surface area (Å²) in [4.78, 5) is 0. The second-order valence-corrected chi connectivity index (χ2v) is 4.16. The van der Waals surface area contributed by atoms with Crippen molar-refractivity contribution in [2.45, 2.75) is 32.3 Å². The van der Waals surface area contributed by atoms with Crippen LogP contribution in [0.1, 0.15) is 30.4 Å². The Labute approximate surface area is 79.4 Å². The first-order chi connectivity index (χ1) is 6.18. The van der Waals surface area contributed by atoms with E-state index in [2.05, 4.69) is 31.2 Å². The molecule has 1 aromatic rings. The minimum Gasteiger partial charge on any atom is -0.393 e. The molecular formula is C12H16O. The molecule has 1 aromatic carbocycles. The highest BCUT2D eigenvalue weighted by Gasteiger charge is 2.41. The van der Waals surface area contributed by atoms with Crippen molar-refractivity contribution in [2.75, 3.05) is 0 Å². The quantitative estimate of drug-likeness (QED) is 0.734. The number of hydrogen-bond acceptors (Lipinski definition) is 1. The van der Waals surface area contributed by atoms with E-state index in [0.717, 1.165) is 6.42 Å². The van der Waals surface area contributed by atoms with Crippen LogP contribution >= 0.6 is 0 Å². The van der Waals surface area contributed by atoms with Crippen LogP contribution in [0.15, 0.2) is 24.3 Å². The first-order valence-corrected chi connectivity index (χ1v) is 4.93. The Bertz CT molecular complexity index is 286. The van der Waals surface area contributed by atoms with E-state index in [4.69, 9.17) is 0 Å². The van der Waals surface area contributed by atoms with E-state index < -0.39 is 0 Å². The minimum absolute atomic E-state index is 0.147. The number of rotatable bonds is 2. The van der Waals surface area contributed by atoms with Crippen LogP contribution in [-0.2, 0) is 0 Å². The highest BCUT2D eigenvalue weighted by Crippen LogP contribution is 2.49. The SMILES string of the molecule is Cc1ccc([C@H]2C[C@@H]2[C@@H](C)O)cc1. The maximum atomic E-state index is 9.38. The summed E-state index contributed by atoms with van der Waals surface area (Å²) >= 11 is 0. The first kappa shape index (κ1) is 8.76. The number of hydrogen-bond donors (Lipinski definition) is 1. The van der Waals surface area contributed by atoms with Gasteiger partial charge in [0.15, 0.2) is 0 Å². The highest BCUT2D eigenvalue weighted by molar-refractivity contribution is 5.29. The van der Waals surface area contributed by atoms with Crippen molar-refractivity contribution < 1.29 is 5.11 Å². The molecular weight excluding hydrogens is 160 g/mol. The van der Waals surface area contributed by atoms with Crippen LogP contribution in [0.25, 0.3) is 0 Å². The summed E-state index contributed by atoms with van der Waals surface area (Å²) in [6.07, 6.45) is 1.01. The average Bonchev–Trinajstić information content (AvgIpc) is 2.85. The zero-order valence-electron chi connectivity index (χ0n) is 8.20. The normalized spacial score (nSPS) is 28.5. The fraction of sp³-hybridized carbons (Fsp3) is 0.500. The van der Waals surface area contributed by atoms with Crippen LogP contribution in [0.3, 0.4) is 0 Å². The van der Waals surface area contributed by atoms with E-state index in [1.165, 1.54) is 11.1 Å². The van der Waals surface area contributed by atoms with Gasteiger partial charge in [0, 0.05) is 0 Å². The lowest BCUT2D eigenvalue weighted by molar-refractivity contribution is 0.169. The molecule has 0 unspecified atom stereocenters. The Hall–Kier alpha value is -0.820. The third kappa shape index (κ3) is 1.75. The van der Waals surface area contributed by atoms with Gasteiger partial charge < -0.3 is 5.11 Å². The van der Waals surface area contributed by atoms with Crippen molar-refractivity contribution in [3.05, 3.63) is 35.4 Å². The summed E-state index contributed by atoms with van der Waals surface area (Å²) < 4.78 is 0. The van der Waals surface area contributed by atoms with E-state index >= 15 is 0 Å². The zero-order chi connectivity index (χ0) is 9.42. The fourth-order valence-electron chi connectivity index (χ4n) is 1.94. The zero-order valence-corrected chi connectivity index (χ0v) is 8.20. The van der Waals surface area contributed by atoms with Crippen molar-refractivity contribution in [1.82, 2.24) is 0 Å². The Morgan fingerprint density at radius 3 is 2.38 bits per heavy atom. The van der Waals surface area contributed by atoms with E-state index in [9.17, 15) is 5.11 Å². The summed E-state index contributed by atoms with van der Waals surface area (Å²) in [5.41, 5.74) is 2.69. The molecule has 13 heavy (non-hydrogen) atoms. The Morgan fingerprint density at radius 2 is 1.92 bits per heavy atom. The molecule has 0 aromatic heterocycles. The van der Waals surface area contributed by atoms with Gasteiger partial charge in [-0.25, -0.2) is 0 Å². The highest BCUT2D eigenvalue weighted by atomic mass is 16.3. The molecule has 0 saturated heterocycles. The second-order valence-electron chi connectivity index (χ2n) is 4.16. The maximum absolute atomic E-state index is 9.38. The van der Waals surface area contributed by atoms with Crippen LogP contribution in [0.4, 0.5) is 0 Å². The minimum atomic E-state index is -0.147. The molecule has 1 saturated carbocycles. The van der Waals surface area contributed by atoms with Crippen LogP contribution < -0.4 is 0 Å². The molecule has 0 spiro atoms. The molecule has 1 N–H and O–H groups in total. The molecule has 1 fully saturated rings. The lowest BCUT2D eigenvalue weighted by Crippen LogP contribution is -2.03. The maximum Gasteiger partial charge on any atom is 0.0546 e. The summed E-state index contributed by atoms with van der Waals surface area (Å²) in [7, 11) is 0. The lowest BCUT2D eigenvalue weighted by Gasteiger charge is -2.03. The van der Waals surface area contributed by atoms with Gasteiger partial charge in [-0.3, -0.25) is 0 Å². The fourth-order valence-corrected chi connectivity index (χ4v) is 1.94. The molecule has 1 aliphatic rings. The van der Waals surface area contributed by atoms with Gasteiger partial charge >= 0.3 is 0 Å². The van der Waals surface area contributed by atoms with Gasteiger partial charge in [0.25, 0.3) is 0 Å². The van der Waals surface area contributed by atoms with Crippen molar-refractivity contribution in [2.24, 2.45) is 5.92 Å². The topological polar surface area (TPSA) is 20.2 Å². The predicted octanol–water partition coefficient (Wildman–Crippen LogP) is 2.48. The molecule has 70 valence electrons. The standard InChI is InChI=1S/C12H16O/c1-8-3-5-10(6-4-8)12-7-11(12)9(2)13/h3-6,9,11-13H,7H2,1-2H3/t9-,11-,12-/m1/s1. The summed E-state index contributed by atoms with van der Waals surface area (Å²) in [5.74, 6) is 1.11. The third-order valence-electron chi connectivity index (χ3n) is 2.96. The molecule has 0 bridgehead atoms. The Morgan fingerprint density at radius 1 is 1.31 bits per heavy atom. The Balaban J connectivity index is 2.08. The summed E-state index contributed by atoms with van der Waals surface area (Å²) in [6.45, 7) is 3.99. The Kier molecular flexibility index (Phi) is 2.12. The molecule has 1 aliphatic carbocycles. The van der Waals surface area contributed by atoms with E-state index in [-0.39, 0.29) is 6.10 Å². The van der Waals surface area contributed by atoms with Crippen LogP contribution in [0.5, 0.6) is 0 Å². The van der Waals surface area contributed by atoms with Crippen molar-refractivity contribution in [3.8, 4) is 0 Å². The molecule has 0 aliphatic heterocycles. The van der Waals surface area contributed by atoms with E-state index in [0.29, 0.717) is 11.8 Å². The number of aryl methyl sites for hydroxylation is 1. The predicted molar refractivity (Wildman–Crippen MR) is 53.7 cm³/mol. The van der Waals surface area contributed by atoms with Gasteiger partial charge in [-0.2, -0.15) is 0 Å². The molecule has 1 nitrogen and oxygen atoms in total. The number of aliphatic hydroxyl groups excluding tert-OH is 1. The number of aliphatic hydroxyl groups is 1. The first-order valence-electron chi connectivity index (χ1n) is 4.93. The lowest BCUT2D eigenvalue weighted by atomic mass is 10.1. The van der Waals surface area contributed by atoms with Crippen LogP contribution in [-0.4, -0.2) is 11.2 Å². The number of benzene rings is 1. The molecule has 0 amide bonds. The summed E-state index contributed by atoms with van der Waals surface area (Å²) in [6, 6.07) is 8.66. The van der Waals surface area contributed by atoms with Crippen LogP contribution in [0, 0.1) is 12.8 Å². The van der Waals surface area contributed by atoms with E-state index in [1.807, 2.05) is 6.92 Å². The summed E-state index contributed by atoms with van der Waals surface area (Å²) in [5, 5.41) is 9.38. The van der Waals surface area contributed by atoms with Gasteiger partial charge in [-0.05, 0) is 37.7 Å².